The van der Waals surface area contributed by atoms with Gasteiger partial charge in [-0.1, -0.05) is 11.8 Å². The third-order valence-corrected chi connectivity index (χ3v) is 3.09. The van der Waals surface area contributed by atoms with Crippen LogP contribution in [0.5, 0.6) is 11.5 Å². The first-order chi connectivity index (χ1) is 8.72. The van der Waals surface area contributed by atoms with Crippen molar-refractivity contribution in [2.24, 2.45) is 0 Å². The lowest BCUT2D eigenvalue weighted by Crippen LogP contribution is -2.14. The average molecular weight is 262 g/mol. The van der Waals surface area contributed by atoms with Crippen molar-refractivity contribution in [1.29, 1.82) is 0 Å². The van der Waals surface area contributed by atoms with E-state index < -0.39 is 5.60 Å². The van der Waals surface area contributed by atoms with E-state index in [1.54, 1.807) is 28.1 Å². The first kappa shape index (κ1) is 15.4. The van der Waals surface area contributed by atoms with Crippen molar-refractivity contribution >= 4 is 0 Å². The van der Waals surface area contributed by atoms with Crippen molar-refractivity contribution in [2.75, 3.05) is 14.2 Å². The standard InChI is InChI=1S/C16H22O3/c1-10-11(2)15(19-7)13(8-9-16(4,5)17)12(3)14(10)18-6/h17H,1-7H3. The van der Waals surface area contributed by atoms with Crippen LogP contribution in [0.4, 0.5) is 0 Å². The second kappa shape index (κ2) is 5.54. The molecule has 0 spiro atoms. The molecule has 0 amide bonds. The average Bonchev–Trinajstić information content (AvgIpc) is 2.31. The summed E-state index contributed by atoms with van der Waals surface area (Å²) >= 11 is 0. The Hall–Kier alpha value is -1.66. The molecule has 1 rings (SSSR count). The van der Waals surface area contributed by atoms with Gasteiger partial charge in [0.25, 0.3) is 0 Å². The first-order valence-corrected chi connectivity index (χ1v) is 6.20. The van der Waals surface area contributed by atoms with E-state index in [0.29, 0.717) is 0 Å². The molecular weight excluding hydrogens is 240 g/mol. The molecule has 1 aromatic carbocycles. The highest BCUT2D eigenvalue weighted by molar-refractivity contribution is 5.63. The van der Waals surface area contributed by atoms with Gasteiger partial charge < -0.3 is 14.6 Å². The fourth-order valence-corrected chi connectivity index (χ4v) is 2.02. The number of benzene rings is 1. The second-order valence-electron chi connectivity index (χ2n) is 5.13. The molecule has 3 nitrogen and oxygen atoms in total. The lowest BCUT2D eigenvalue weighted by molar-refractivity contribution is 0.143. The zero-order chi connectivity index (χ0) is 14.8. The molecule has 104 valence electrons. The van der Waals surface area contributed by atoms with Crippen LogP contribution in [0.25, 0.3) is 0 Å². The van der Waals surface area contributed by atoms with Crippen molar-refractivity contribution < 1.29 is 14.6 Å². The highest BCUT2D eigenvalue weighted by atomic mass is 16.5. The number of hydrogen-bond acceptors (Lipinski definition) is 3. The summed E-state index contributed by atoms with van der Waals surface area (Å²) < 4.78 is 10.9. The van der Waals surface area contributed by atoms with Crippen LogP contribution in [0.3, 0.4) is 0 Å². The summed E-state index contributed by atoms with van der Waals surface area (Å²) in [6, 6.07) is 0. The molecule has 0 aliphatic carbocycles. The fraction of sp³-hybridized carbons (Fsp3) is 0.500. The Balaban J connectivity index is 3.61. The third-order valence-electron chi connectivity index (χ3n) is 3.09. The van der Waals surface area contributed by atoms with Gasteiger partial charge in [0.2, 0.25) is 0 Å². The van der Waals surface area contributed by atoms with Crippen molar-refractivity contribution in [3.8, 4) is 23.3 Å². The molecule has 0 heterocycles. The predicted molar refractivity (Wildman–Crippen MR) is 76.9 cm³/mol. The van der Waals surface area contributed by atoms with Gasteiger partial charge in [0.05, 0.1) is 19.8 Å². The number of hydrogen-bond donors (Lipinski definition) is 1. The molecule has 0 fully saturated rings. The third kappa shape index (κ3) is 3.21. The number of ether oxygens (including phenoxy) is 2. The Labute approximate surface area is 115 Å². The van der Waals surface area contributed by atoms with Crippen molar-refractivity contribution in [1.82, 2.24) is 0 Å². The van der Waals surface area contributed by atoms with Crippen LogP contribution in [0.1, 0.15) is 36.1 Å². The first-order valence-electron chi connectivity index (χ1n) is 6.20. The molecule has 1 N–H and O–H groups in total. The Morgan fingerprint density at radius 3 is 1.79 bits per heavy atom. The summed E-state index contributed by atoms with van der Waals surface area (Å²) in [5.41, 5.74) is 2.71. The number of rotatable bonds is 2. The van der Waals surface area contributed by atoms with Gasteiger partial charge in [-0.2, -0.15) is 0 Å². The van der Waals surface area contributed by atoms with E-state index in [2.05, 4.69) is 11.8 Å². The van der Waals surface area contributed by atoms with Gasteiger partial charge in [0.1, 0.15) is 17.1 Å². The molecule has 0 bridgehead atoms. The highest BCUT2D eigenvalue weighted by Gasteiger charge is 2.18. The Morgan fingerprint density at radius 2 is 1.37 bits per heavy atom. The van der Waals surface area contributed by atoms with Crippen LogP contribution in [0.15, 0.2) is 0 Å². The van der Waals surface area contributed by atoms with Crippen LogP contribution >= 0.6 is 0 Å². The summed E-state index contributed by atoms with van der Waals surface area (Å²) in [7, 11) is 3.28. The van der Waals surface area contributed by atoms with Crippen molar-refractivity contribution in [2.45, 2.75) is 40.2 Å². The zero-order valence-electron chi connectivity index (χ0n) is 12.8. The maximum atomic E-state index is 9.74. The Bertz CT molecular complexity index is 540. The van der Waals surface area contributed by atoms with E-state index >= 15 is 0 Å². The minimum Gasteiger partial charge on any atom is -0.496 e. The molecule has 0 atom stereocenters. The van der Waals surface area contributed by atoms with Crippen molar-refractivity contribution in [3.63, 3.8) is 0 Å². The van der Waals surface area contributed by atoms with Crippen LogP contribution in [0.2, 0.25) is 0 Å². The van der Waals surface area contributed by atoms with Crippen molar-refractivity contribution in [3.05, 3.63) is 22.3 Å². The minimum absolute atomic E-state index is 0.743. The largest absolute Gasteiger partial charge is 0.496 e. The normalized spacial score (nSPS) is 10.7. The monoisotopic (exact) mass is 262 g/mol. The van der Waals surface area contributed by atoms with Crippen LogP contribution in [0, 0.1) is 32.6 Å². The van der Waals surface area contributed by atoms with Crippen LogP contribution in [-0.2, 0) is 0 Å². The van der Waals surface area contributed by atoms with E-state index in [1.165, 1.54) is 0 Å². The zero-order valence-corrected chi connectivity index (χ0v) is 12.8. The maximum Gasteiger partial charge on any atom is 0.138 e. The van der Waals surface area contributed by atoms with Gasteiger partial charge in [-0.15, -0.1) is 0 Å². The lowest BCUT2D eigenvalue weighted by atomic mass is 9.97. The van der Waals surface area contributed by atoms with Gasteiger partial charge in [-0.05, 0) is 45.7 Å². The summed E-state index contributed by atoms with van der Waals surface area (Å²) in [6.07, 6.45) is 0. The molecule has 0 unspecified atom stereocenters. The second-order valence-corrected chi connectivity index (χ2v) is 5.13. The number of aliphatic hydroxyl groups is 1. The van der Waals surface area contributed by atoms with E-state index in [-0.39, 0.29) is 0 Å². The molecule has 0 aliphatic rings. The summed E-state index contributed by atoms with van der Waals surface area (Å²) in [5.74, 6) is 7.39. The topological polar surface area (TPSA) is 38.7 Å². The summed E-state index contributed by atoms with van der Waals surface area (Å²) in [4.78, 5) is 0. The summed E-state index contributed by atoms with van der Waals surface area (Å²) in [6.45, 7) is 9.23. The summed E-state index contributed by atoms with van der Waals surface area (Å²) in [5, 5.41) is 9.74. The minimum atomic E-state index is -1.04. The highest BCUT2D eigenvalue weighted by Crippen LogP contribution is 2.37. The Morgan fingerprint density at radius 1 is 0.895 bits per heavy atom. The van der Waals surface area contributed by atoms with E-state index in [0.717, 1.165) is 33.8 Å². The fourth-order valence-electron chi connectivity index (χ4n) is 2.02. The predicted octanol–water partition coefficient (Wildman–Crippen LogP) is 2.75. The smallest absolute Gasteiger partial charge is 0.138 e. The maximum absolute atomic E-state index is 9.74. The molecule has 1 aromatic rings. The van der Waals surface area contributed by atoms with E-state index in [4.69, 9.17) is 9.47 Å². The molecule has 0 aliphatic heterocycles. The molecule has 19 heavy (non-hydrogen) atoms. The molecular formula is C16H22O3. The van der Waals surface area contributed by atoms with E-state index in [9.17, 15) is 5.11 Å². The quantitative estimate of drug-likeness (QED) is 0.833. The van der Waals surface area contributed by atoms with Gasteiger partial charge in [-0.3, -0.25) is 0 Å². The van der Waals surface area contributed by atoms with Gasteiger partial charge >= 0.3 is 0 Å². The van der Waals surface area contributed by atoms with E-state index in [1.807, 2.05) is 20.8 Å². The molecule has 0 aromatic heterocycles. The van der Waals surface area contributed by atoms with Crippen LogP contribution in [-0.4, -0.2) is 24.9 Å². The SMILES string of the molecule is COc1c(C)c(C)c(OC)c(C#CC(C)(C)O)c1C. The lowest BCUT2D eigenvalue weighted by Gasteiger charge is -2.18. The Kier molecular flexibility index (Phi) is 4.49. The molecule has 0 radical (unpaired) electrons. The van der Waals surface area contributed by atoms with Crippen LogP contribution < -0.4 is 9.47 Å². The number of methoxy groups -OCH3 is 2. The molecule has 0 saturated carbocycles. The van der Waals surface area contributed by atoms with Gasteiger partial charge in [0.15, 0.2) is 0 Å². The molecule has 3 heteroatoms. The van der Waals surface area contributed by atoms with Gasteiger partial charge in [-0.25, -0.2) is 0 Å². The van der Waals surface area contributed by atoms with Gasteiger partial charge in [0, 0.05) is 5.56 Å². The molecule has 0 saturated heterocycles.